The number of benzene rings is 1. The second-order valence-electron chi connectivity index (χ2n) is 3.52. The first-order valence-corrected chi connectivity index (χ1v) is 6.08. The van der Waals surface area contributed by atoms with Crippen molar-refractivity contribution in [3.05, 3.63) is 50.8 Å². The Morgan fingerprint density at radius 2 is 1.72 bits per heavy atom. The van der Waals surface area contributed by atoms with Gasteiger partial charge in [-0.25, -0.2) is 4.98 Å². The van der Waals surface area contributed by atoms with Gasteiger partial charge in [0.1, 0.15) is 0 Å². The average molecular weight is 307 g/mol. The predicted molar refractivity (Wildman–Crippen MR) is 70.6 cm³/mol. The monoisotopic (exact) mass is 305 g/mol. The van der Waals surface area contributed by atoms with Crippen molar-refractivity contribution < 1.29 is 9.50 Å². The number of hydrogen-bond donors (Lipinski definition) is 1. The smallest absolute Gasteiger partial charge is 0.213 e. The molecule has 0 unspecified atom stereocenters. The van der Waals surface area contributed by atoms with Gasteiger partial charge in [-0.3, -0.25) is 0 Å². The first-order chi connectivity index (χ1) is 8.54. The van der Waals surface area contributed by atoms with E-state index in [0.29, 0.717) is 11.1 Å². The van der Waals surface area contributed by atoms with Crippen molar-refractivity contribution in [3.8, 4) is 11.3 Å². The van der Waals surface area contributed by atoms with Gasteiger partial charge in [-0.15, -0.1) is 0 Å². The highest BCUT2D eigenvalue weighted by molar-refractivity contribution is 6.46. The fourth-order valence-electron chi connectivity index (χ4n) is 1.55. The summed E-state index contributed by atoms with van der Waals surface area (Å²) in [7, 11) is 0. The Balaban J connectivity index is 2.76. The van der Waals surface area contributed by atoms with Crippen molar-refractivity contribution in [2.75, 3.05) is 0 Å². The van der Waals surface area contributed by atoms with Crippen molar-refractivity contribution >= 4 is 34.8 Å². The third-order valence-electron chi connectivity index (χ3n) is 2.40. The first-order valence-electron chi connectivity index (χ1n) is 4.94. The molecule has 0 aliphatic carbocycles. The molecule has 0 saturated heterocycles. The number of hydrogen-bond acceptors (Lipinski definition) is 2. The first kappa shape index (κ1) is 13.6. The molecule has 0 atom stereocenters. The summed E-state index contributed by atoms with van der Waals surface area (Å²) in [5.41, 5.74) is 0.923. The van der Waals surface area contributed by atoms with Crippen molar-refractivity contribution in [1.29, 1.82) is 0 Å². The van der Waals surface area contributed by atoms with Gasteiger partial charge in [0.05, 0.1) is 27.4 Å². The molecule has 2 aromatic rings. The van der Waals surface area contributed by atoms with E-state index in [1.807, 2.05) is 0 Å². The van der Waals surface area contributed by atoms with Crippen LogP contribution in [0.3, 0.4) is 0 Å². The standard InChI is InChI=1S/C12H7Cl3FNO/c13-7-2-3-8(14)11(15)10(7)12-6(5-18)1-4-9(16)17-12/h1-4,18H,5H2. The summed E-state index contributed by atoms with van der Waals surface area (Å²) >= 11 is 18.0. The Bertz CT molecular complexity index is 604. The zero-order chi connectivity index (χ0) is 13.3. The van der Waals surface area contributed by atoms with E-state index < -0.39 is 5.95 Å². The summed E-state index contributed by atoms with van der Waals surface area (Å²) in [5, 5.41) is 9.99. The third-order valence-corrected chi connectivity index (χ3v) is 3.52. The molecule has 0 saturated carbocycles. The number of halogens is 4. The van der Waals surface area contributed by atoms with Gasteiger partial charge in [0, 0.05) is 11.1 Å². The van der Waals surface area contributed by atoms with Gasteiger partial charge in [-0.1, -0.05) is 34.8 Å². The lowest BCUT2D eigenvalue weighted by molar-refractivity contribution is 0.281. The molecule has 1 aromatic heterocycles. The Morgan fingerprint density at radius 1 is 1.06 bits per heavy atom. The maximum atomic E-state index is 13.2. The topological polar surface area (TPSA) is 33.1 Å². The molecule has 6 heteroatoms. The van der Waals surface area contributed by atoms with Gasteiger partial charge in [0.2, 0.25) is 5.95 Å². The minimum absolute atomic E-state index is 0.178. The van der Waals surface area contributed by atoms with E-state index >= 15 is 0 Å². The second kappa shape index (κ2) is 5.41. The summed E-state index contributed by atoms with van der Waals surface area (Å²) in [6, 6.07) is 5.65. The number of nitrogens with zero attached hydrogens (tertiary/aromatic N) is 1. The van der Waals surface area contributed by atoms with Gasteiger partial charge in [0.15, 0.2) is 0 Å². The van der Waals surface area contributed by atoms with E-state index in [0.717, 1.165) is 6.07 Å². The number of aliphatic hydroxyl groups is 1. The Kier molecular flexibility index (Phi) is 4.07. The largest absolute Gasteiger partial charge is 0.392 e. The van der Waals surface area contributed by atoms with Crippen LogP contribution in [0.1, 0.15) is 5.56 Å². The highest BCUT2D eigenvalue weighted by atomic mass is 35.5. The highest BCUT2D eigenvalue weighted by Crippen LogP contribution is 2.39. The van der Waals surface area contributed by atoms with E-state index in [1.165, 1.54) is 12.1 Å². The van der Waals surface area contributed by atoms with Crippen molar-refractivity contribution in [2.24, 2.45) is 0 Å². The van der Waals surface area contributed by atoms with Crippen LogP contribution in [-0.4, -0.2) is 10.1 Å². The van der Waals surface area contributed by atoms with Crippen LogP contribution < -0.4 is 0 Å². The molecular weight excluding hydrogens is 299 g/mol. The lowest BCUT2D eigenvalue weighted by Gasteiger charge is -2.11. The average Bonchev–Trinajstić information content (AvgIpc) is 2.35. The van der Waals surface area contributed by atoms with Crippen LogP contribution in [0.2, 0.25) is 15.1 Å². The fourth-order valence-corrected chi connectivity index (χ4v) is 2.26. The molecule has 0 aliphatic rings. The zero-order valence-corrected chi connectivity index (χ0v) is 11.2. The van der Waals surface area contributed by atoms with Crippen LogP contribution in [0.4, 0.5) is 4.39 Å². The van der Waals surface area contributed by atoms with Gasteiger partial charge in [-0.2, -0.15) is 4.39 Å². The second-order valence-corrected chi connectivity index (χ2v) is 4.71. The lowest BCUT2D eigenvalue weighted by atomic mass is 10.1. The third kappa shape index (κ3) is 2.45. The molecular formula is C12H7Cl3FNO. The molecule has 1 N–H and O–H groups in total. The quantitative estimate of drug-likeness (QED) is 0.661. The molecule has 0 radical (unpaired) electrons. The van der Waals surface area contributed by atoms with Crippen LogP contribution in [-0.2, 0) is 6.61 Å². The van der Waals surface area contributed by atoms with Gasteiger partial charge in [0.25, 0.3) is 0 Å². The van der Waals surface area contributed by atoms with Gasteiger partial charge in [-0.05, 0) is 24.3 Å². The number of aromatic nitrogens is 1. The maximum absolute atomic E-state index is 13.2. The normalized spacial score (nSPS) is 10.7. The molecule has 1 aromatic carbocycles. The summed E-state index contributed by atoms with van der Waals surface area (Å²) in [6.07, 6.45) is 0. The maximum Gasteiger partial charge on any atom is 0.213 e. The van der Waals surface area contributed by atoms with E-state index in [4.69, 9.17) is 34.8 Å². The summed E-state index contributed by atoms with van der Waals surface area (Å²) in [4.78, 5) is 3.72. The molecule has 1 heterocycles. The molecule has 2 nitrogen and oxygen atoms in total. The van der Waals surface area contributed by atoms with Gasteiger partial charge < -0.3 is 5.11 Å². The van der Waals surface area contributed by atoms with Crippen molar-refractivity contribution in [1.82, 2.24) is 4.98 Å². The van der Waals surface area contributed by atoms with Crippen LogP contribution in [0.15, 0.2) is 24.3 Å². The number of pyridine rings is 1. The van der Waals surface area contributed by atoms with E-state index in [-0.39, 0.29) is 27.4 Å². The minimum Gasteiger partial charge on any atom is -0.392 e. The number of rotatable bonds is 2. The van der Waals surface area contributed by atoms with Crippen LogP contribution >= 0.6 is 34.8 Å². The summed E-state index contributed by atoms with van der Waals surface area (Å²) < 4.78 is 13.2. The molecule has 94 valence electrons. The molecule has 0 aliphatic heterocycles. The van der Waals surface area contributed by atoms with E-state index in [1.54, 1.807) is 6.07 Å². The fraction of sp³-hybridized carbons (Fsp3) is 0.0833. The molecule has 0 spiro atoms. The van der Waals surface area contributed by atoms with Gasteiger partial charge >= 0.3 is 0 Å². The molecule has 2 rings (SSSR count). The Morgan fingerprint density at radius 3 is 2.39 bits per heavy atom. The highest BCUT2D eigenvalue weighted by Gasteiger charge is 2.17. The summed E-state index contributed by atoms with van der Waals surface area (Å²) in [6.45, 7) is -0.304. The van der Waals surface area contributed by atoms with Crippen LogP contribution in [0, 0.1) is 5.95 Å². The molecule has 0 amide bonds. The molecule has 0 fully saturated rings. The minimum atomic E-state index is -0.686. The molecule has 18 heavy (non-hydrogen) atoms. The zero-order valence-electron chi connectivity index (χ0n) is 8.92. The van der Waals surface area contributed by atoms with Crippen molar-refractivity contribution in [2.45, 2.75) is 6.61 Å². The van der Waals surface area contributed by atoms with E-state index in [9.17, 15) is 9.50 Å². The molecule has 0 bridgehead atoms. The predicted octanol–water partition coefficient (Wildman–Crippen LogP) is 4.34. The number of aliphatic hydroxyl groups excluding tert-OH is 1. The van der Waals surface area contributed by atoms with E-state index in [2.05, 4.69) is 4.98 Å². The summed E-state index contributed by atoms with van der Waals surface area (Å²) in [5.74, 6) is -0.686. The SMILES string of the molecule is OCc1ccc(F)nc1-c1c(Cl)ccc(Cl)c1Cl. The Hall–Kier alpha value is -0.870. The van der Waals surface area contributed by atoms with Crippen LogP contribution in [0.5, 0.6) is 0 Å². The van der Waals surface area contributed by atoms with Crippen LogP contribution in [0.25, 0.3) is 11.3 Å². The Labute approximate surface area is 118 Å². The van der Waals surface area contributed by atoms with Crippen molar-refractivity contribution in [3.63, 3.8) is 0 Å². The lowest BCUT2D eigenvalue weighted by Crippen LogP contribution is -1.97.